The second-order valence-corrected chi connectivity index (χ2v) is 10.2. The van der Waals surface area contributed by atoms with Gasteiger partial charge in [-0.1, -0.05) is 51.5 Å². The highest BCUT2D eigenvalue weighted by Gasteiger charge is 2.36. The van der Waals surface area contributed by atoms with Crippen molar-refractivity contribution >= 4 is 5.57 Å². The zero-order chi connectivity index (χ0) is 25.0. The van der Waals surface area contributed by atoms with Gasteiger partial charge < -0.3 is 19.7 Å². The van der Waals surface area contributed by atoms with Gasteiger partial charge >= 0.3 is 0 Å². The van der Waals surface area contributed by atoms with Crippen LogP contribution >= 0.6 is 0 Å². The number of ether oxygens (including phenoxy) is 1. The Bertz CT molecular complexity index is 1000. The SMILES string of the molecule is CC/C(C)=C(\C)c1ccn(C(CC)OC(C)[C@](C)(O)c2cccc3c2CNCC3)c1C(C)CC. The van der Waals surface area contributed by atoms with Crippen LogP contribution in [-0.2, 0) is 23.3 Å². The standard InChI is InChI=1S/C30H46N2O2/c1-9-20(4)22(6)25-16-18-32(29(25)21(5)10-2)28(11-3)34-23(7)30(8,33)27-14-12-13-24-15-17-31-19-26(24)27/h12-14,16,18,21,23,28,31,33H,9-11,15,17,19H2,1-8H3/b22-20+/t21?,23?,28?,30-/m0/s1. The Hall–Kier alpha value is -1.88. The van der Waals surface area contributed by atoms with E-state index >= 15 is 0 Å². The lowest BCUT2D eigenvalue weighted by molar-refractivity contribution is -0.145. The highest BCUT2D eigenvalue weighted by molar-refractivity contribution is 5.69. The van der Waals surface area contributed by atoms with Crippen molar-refractivity contribution in [1.82, 2.24) is 9.88 Å². The molecule has 4 nitrogen and oxygen atoms in total. The summed E-state index contributed by atoms with van der Waals surface area (Å²) < 4.78 is 9.01. The van der Waals surface area contributed by atoms with Gasteiger partial charge in [0.25, 0.3) is 0 Å². The molecule has 2 aromatic rings. The number of benzene rings is 1. The predicted molar refractivity (Wildman–Crippen MR) is 143 cm³/mol. The van der Waals surface area contributed by atoms with E-state index in [2.05, 4.69) is 81.9 Å². The van der Waals surface area contributed by atoms with E-state index < -0.39 is 5.60 Å². The first-order valence-electron chi connectivity index (χ1n) is 13.2. The zero-order valence-corrected chi connectivity index (χ0v) is 22.7. The van der Waals surface area contributed by atoms with E-state index in [0.717, 1.165) is 44.3 Å². The highest BCUT2D eigenvalue weighted by Crippen LogP contribution is 2.37. The van der Waals surface area contributed by atoms with E-state index in [-0.39, 0.29) is 12.3 Å². The van der Waals surface area contributed by atoms with E-state index in [1.54, 1.807) is 0 Å². The molecule has 1 aliphatic heterocycles. The van der Waals surface area contributed by atoms with Gasteiger partial charge in [0.05, 0.1) is 6.10 Å². The van der Waals surface area contributed by atoms with Crippen LogP contribution in [0.3, 0.4) is 0 Å². The number of aromatic nitrogens is 1. The Balaban J connectivity index is 1.96. The molecule has 0 amide bonds. The second kappa shape index (κ2) is 11.2. The van der Waals surface area contributed by atoms with Crippen molar-refractivity contribution in [2.75, 3.05) is 6.54 Å². The number of hydrogen-bond donors (Lipinski definition) is 2. The van der Waals surface area contributed by atoms with Crippen molar-refractivity contribution in [3.8, 4) is 0 Å². The van der Waals surface area contributed by atoms with E-state index in [1.807, 2.05) is 13.8 Å². The Morgan fingerprint density at radius 3 is 2.53 bits per heavy atom. The fourth-order valence-corrected chi connectivity index (χ4v) is 5.17. The normalized spacial score (nSPS) is 19.1. The van der Waals surface area contributed by atoms with Crippen LogP contribution in [0.4, 0.5) is 0 Å². The van der Waals surface area contributed by atoms with Gasteiger partial charge in [-0.25, -0.2) is 0 Å². The molecule has 0 aliphatic carbocycles. The minimum atomic E-state index is -1.08. The second-order valence-electron chi connectivity index (χ2n) is 10.2. The third-order valence-electron chi connectivity index (χ3n) is 8.11. The average Bonchev–Trinajstić information content (AvgIpc) is 3.30. The summed E-state index contributed by atoms with van der Waals surface area (Å²) in [5, 5.41) is 15.2. The number of allylic oxidation sites excluding steroid dienone is 2. The highest BCUT2D eigenvalue weighted by atomic mass is 16.5. The number of aliphatic hydroxyl groups is 1. The molecule has 0 radical (unpaired) electrons. The van der Waals surface area contributed by atoms with Crippen LogP contribution < -0.4 is 5.32 Å². The minimum absolute atomic E-state index is 0.133. The first kappa shape index (κ1) is 26.7. The van der Waals surface area contributed by atoms with E-state index in [4.69, 9.17) is 4.74 Å². The molecule has 34 heavy (non-hydrogen) atoms. The van der Waals surface area contributed by atoms with Crippen molar-refractivity contribution in [3.05, 3.63) is 64.0 Å². The summed E-state index contributed by atoms with van der Waals surface area (Å²) in [4.78, 5) is 0. The Morgan fingerprint density at radius 1 is 1.15 bits per heavy atom. The van der Waals surface area contributed by atoms with Crippen molar-refractivity contribution in [2.45, 2.75) is 111 Å². The van der Waals surface area contributed by atoms with Crippen LogP contribution in [0, 0.1) is 0 Å². The van der Waals surface area contributed by atoms with Gasteiger partial charge in [-0.2, -0.15) is 0 Å². The molecule has 2 heterocycles. The van der Waals surface area contributed by atoms with Crippen LogP contribution in [0.5, 0.6) is 0 Å². The smallest absolute Gasteiger partial charge is 0.133 e. The summed E-state index contributed by atoms with van der Waals surface area (Å²) in [6, 6.07) is 8.57. The number of fused-ring (bicyclic) bond motifs is 1. The lowest BCUT2D eigenvalue weighted by atomic mass is 9.83. The molecule has 2 N–H and O–H groups in total. The quantitative estimate of drug-likeness (QED) is 0.393. The topological polar surface area (TPSA) is 46.4 Å². The summed E-state index contributed by atoms with van der Waals surface area (Å²) >= 11 is 0. The first-order chi connectivity index (χ1) is 16.2. The zero-order valence-electron chi connectivity index (χ0n) is 22.7. The van der Waals surface area contributed by atoms with E-state index in [1.165, 1.54) is 33.5 Å². The van der Waals surface area contributed by atoms with Crippen molar-refractivity contribution in [2.24, 2.45) is 0 Å². The van der Waals surface area contributed by atoms with Crippen LogP contribution in [-0.4, -0.2) is 22.3 Å². The van der Waals surface area contributed by atoms with Crippen LogP contribution in [0.2, 0.25) is 0 Å². The molecular weight excluding hydrogens is 420 g/mol. The molecule has 3 rings (SSSR count). The van der Waals surface area contributed by atoms with Gasteiger partial charge in [-0.3, -0.25) is 0 Å². The molecule has 0 fully saturated rings. The maximum Gasteiger partial charge on any atom is 0.133 e. The molecule has 4 heteroatoms. The summed E-state index contributed by atoms with van der Waals surface area (Å²) in [5.41, 5.74) is 7.92. The lowest BCUT2D eigenvalue weighted by Gasteiger charge is -2.37. The Labute approximate surface area is 207 Å². The minimum Gasteiger partial charge on any atom is -0.383 e. The molecular formula is C30H46N2O2. The molecule has 4 atom stereocenters. The predicted octanol–water partition coefficient (Wildman–Crippen LogP) is 7.07. The fourth-order valence-electron chi connectivity index (χ4n) is 5.17. The molecule has 1 aromatic heterocycles. The maximum absolute atomic E-state index is 11.8. The lowest BCUT2D eigenvalue weighted by Crippen LogP contribution is -2.40. The molecule has 3 unspecified atom stereocenters. The number of rotatable bonds is 10. The molecule has 0 bridgehead atoms. The molecule has 0 spiro atoms. The molecule has 0 saturated carbocycles. The fraction of sp³-hybridized carbons (Fsp3) is 0.600. The van der Waals surface area contributed by atoms with Crippen molar-refractivity contribution < 1.29 is 9.84 Å². The van der Waals surface area contributed by atoms with Gasteiger partial charge in [0.1, 0.15) is 11.8 Å². The number of hydrogen-bond acceptors (Lipinski definition) is 3. The van der Waals surface area contributed by atoms with Crippen LogP contribution in [0.15, 0.2) is 36.0 Å². The first-order valence-corrected chi connectivity index (χ1v) is 13.2. The third-order valence-corrected chi connectivity index (χ3v) is 8.11. The van der Waals surface area contributed by atoms with Gasteiger partial charge in [0, 0.05) is 18.4 Å². The molecule has 1 aliphatic rings. The summed E-state index contributed by atoms with van der Waals surface area (Å²) in [5.74, 6) is 0.422. The van der Waals surface area contributed by atoms with Gasteiger partial charge in [-0.15, -0.1) is 0 Å². The van der Waals surface area contributed by atoms with Gasteiger partial charge in [-0.05, 0) is 99.7 Å². The molecule has 188 valence electrons. The van der Waals surface area contributed by atoms with Crippen LogP contribution in [0.1, 0.15) is 115 Å². The summed E-state index contributed by atoms with van der Waals surface area (Å²) in [7, 11) is 0. The van der Waals surface area contributed by atoms with Gasteiger partial charge in [0.15, 0.2) is 0 Å². The Kier molecular flexibility index (Phi) is 8.83. The Morgan fingerprint density at radius 2 is 1.88 bits per heavy atom. The average molecular weight is 467 g/mol. The number of nitrogens with zero attached hydrogens (tertiary/aromatic N) is 1. The van der Waals surface area contributed by atoms with E-state index in [9.17, 15) is 5.11 Å². The summed E-state index contributed by atoms with van der Waals surface area (Å²) in [6.07, 6.45) is 5.65. The maximum atomic E-state index is 11.8. The monoisotopic (exact) mass is 466 g/mol. The van der Waals surface area contributed by atoms with Crippen molar-refractivity contribution in [1.29, 1.82) is 0 Å². The summed E-state index contributed by atoms with van der Waals surface area (Å²) in [6.45, 7) is 19.1. The molecule has 0 saturated heterocycles. The largest absolute Gasteiger partial charge is 0.383 e. The number of nitrogens with one attached hydrogen (secondary N) is 1. The van der Waals surface area contributed by atoms with E-state index in [0.29, 0.717) is 5.92 Å². The van der Waals surface area contributed by atoms with Crippen LogP contribution in [0.25, 0.3) is 5.57 Å². The van der Waals surface area contributed by atoms with Gasteiger partial charge in [0.2, 0.25) is 0 Å². The molecule has 1 aromatic carbocycles. The third kappa shape index (κ3) is 5.19. The van der Waals surface area contributed by atoms with Crippen molar-refractivity contribution in [3.63, 3.8) is 0 Å².